The second kappa shape index (κ2) is 8.68. The van der Waals surface area contributed by atoms with Crippen LogP contribution < -0.4 is 5.32 Å². The van der Waals surface area contributed by atoms with E-state index in [1.54, 1.807) is 30.5 Å². The maximum atomic E-state index is 11.5. The Kier molecular flexibility index (Phi) is 5.59. The number of rotatable bonds is 6. The summed E-state index contributed by atoms with van der Waals surface area (Å²) in [6, 6.07) is 15.5. The lowest BCUT2D eigenvalue weighted by Gasteiger charge is -2.28. The second-order valence-electron chi connectivity index (χ2n) is 7.89. The summed E-state index contributed by atoms with van der Waals surface area (Å²) < 4.78 is 12.1. The summed E-state index contributed by atoms with van der Waals surface area (Å²) in [6.45, 7) is 1.40. The molecule has 0 spiro atoms. The first kappa shape index (κ1) is 20.6. The number of ether oxygens (including phenoxy) is 1. The minimum Gasteiger partial charge on any atom is -0.459 e. The average Bonchev–Trinajstić information content (AvgIpc) is 3.56. The summed E-state index contributed by atoms with van der Waals surface area (Å²) in [6.07, 6.45) is 3.88. The summed E-state index contributed by atoms with van der Waals surface area (Å²) in [4.78, 5) is 17.7. The highest BCUT2D eigenvalue weighted by atomic mass is 32.1. The van der Waals surface area contributed by atoms with Crippen molar-refractivity contribution >= 4 is 23.0 Å². The number of hydrogen-bond donors (Lipinski definition) is 1. The average molecular weight is 451 g/mol. The van der Waals surface area contributed by atoms with Gasteiger partial charge in [0.1, 0.15) is 17.6 Å². The molecule has 0 aliphatic carbocycles. The Labute approximate surface area is 190 Å². The van der Waals surface area contributed by atoms with Crippen LogP contribution in [0.1, 0.15) is 36.4 Å². The molecule has 164 valence electrons. The molecular formula is C23H22N4O4S. The van der Waals surface area contributed by atoms with Crippen molar-refractivity contribution in [1.29, 1.82) is 0 Å². The molecule has 2 aliphatic heterocycles. The highest BCUT2D eigenvalue weighted by Crippen LogP contribution is 2.42. The van der Waals surface area contributed by atoms with Crippen LogP contribution in [-0.4, -0.2) is 39.2 Å². The number of aromatic nitrogens is 1. The molecule has 2 saturated heterocycles. The fourth-order valence-corrected chi connectivity index (χ4v) is 4.73. The number of para-hydroxylation sites is 1. The predicted molar refractivity (Wildman–Crippen MR) is 122 cm³/mol. The summed E-state index contributed by atoms with van der Waals surface area (Å²) in [5.74, 6) is 1.11. The van der Waals surface area contributed by atoms with Gasteiger partial charge in [0.2, 0.25) is 0 Å². The van der Waals surface area contributed by atoms with Gasteiger partial charge in [-0.3, -0.25) is 15.1 Å². The van der Waals surface area contributed by atoms with Crippen molar-refractivity contribution in [1.82, 2.24) is 15.2 Å². The smallest absolute Gasteiger partial charge is 0.280 e. The molecule has 2 fully saturated rings. The number of hydrogen-bond acceptors (Lipinski definition) is 6. The molecule has 9 heteroatoms. The zero-order valence-corrected chi connectivity index (χ0v) is 18.0. The molecule has 1 aromatic carbocycles. The number of thiocarbonyl (C=S) groups is 1. The number of nitrogens with zero attached hydrogens (tertiary/aromatic N) is 3. The van der Waals surface area contributed by atoms with Crippen LogP contribution in [0.2, 0.25) is 0 Å². The minimum absolute atomic E-state index is 0.00551. The Morgan fingerprint density at radius 3 is 2.78 bits per heavy atom. The van der Waals surface area contributed by atoms with E-state index in [9.17, 15) is 10.1 Å². The predicted octanol–water partition coefficient (Wildman–Crippen LogP) is 4.40. The molecule has 0 saturated carbocycles. The molecule has 32 heavy (non-hydrogen) atoms. The van der Waals surface area contributed by atoms with Gasteiger partial charge < -0.3 is 19.4 Å². The third-order valence-electron chi connectivity index (χ3n) is 5.91. The molecule has 2 aliphatic rings. The van der Waals surface area contributed by atoms with Crippen LogP contribution in [0.5, 0.6) is 0 Å². The largest absolute Gasteiger partial charge is 0.459 e. The number of furan rings is 1. The second-order valence-corrected chi connectivity index (χ2v) is 8.28. The van der Waals surface area contributed by atoms with E-state index in [-0.39, 0.29) is 23.9 Å². The van der Waals surface area contributed by atoms with Crippen LogP contribution in [0.4, 0.5) is 5.69 Å². The summed E-state index contributed by atoms with van der Waals surface area (Å²) in [5, 5.41) is 15.5. The molecule has 1 N–H and O–H groups in total. The van der Waals surface area contributed by atoms with E-state index in [0.29, 0.717) is 28.7 Å². The maximum Gasteiger partial charge on any atom is 0.280 e. The summed E-state index contributed by atoms with van der Waals surface area (Å²) in [5.41, 5.74) is 1.29. The SMILES string of the molecule is O=[N+]([O-])c1ccccc1-c1ccc([C@@H]2[C@H](c3ccccn3)NC(=S)N2C[C@H]2CCCO2)o1. The van der Waals surface area contributed by atoms with E-state index in [1.807, 2.05) is 24.3 Å². The third kappa shape index (κ3) is 3.85. The van der Waals surface area contributed by atoms with Crippen molar-refractivity contribution in [2.75, 3.05) is 13.2 Å². The topological polar surface area (TPSA) is 93.7 Å². The van der Waals surface area contributed by atoms with Crippen LogP contribution in [-0.2, 0) is 4.74 Å². The van der Waals surface area contributed by atoms with E-state index in [2.05, 4.69) is 15.2 Å². The maximum absolute atomic E-state index is 11.5. The number of benzene rings is 1. The molecule has 3 atom stereocenters. The van der Waals surface area contributed by atoms with E-state index in [0.717, 1.165) is 25.1 Å². The van der Waals surface area contributed by atoms with Crippen molar-refractivity contribution < 1.29 is 14.1 Å². The summed E-state index contributed by atoms with van der Waals surface area (Å²) >= 11 is 5.68. The number of nitro benzene ring substituents is 1. The van der Waals surface area contributed by atoms with Crippen molar-refractivity contribution in [3.05, 3.63) is 82.4 Å². The molecule has 0 unspecified atom stereocenters. The van der Waals surface area contributed by atoms with Gasteiger partial charge in [0.15, 0.2) is 5.11 Å². The number of pyridine rings is 1. The molecule has 8 nitrogen and oxygen atoms in total. The fourth-order valence-electron chi connectivity index (χ4n) is 4.42. The number of nitro groups is 1. The quantitative estimate of drug-likeness (QED) is 0.336. The first-order chi connectivity index (χ1) is 15.6. The first-order valence-electron chi connectivity index (χ1n) is 10.5. The van der Waals surface area contributed by atoms with Crippen molar-refractivity contribution in [2.24, 2.45) is 0 Å². The molecular weight excluding hydrogens is 428 g/mol. The van der Waals surface area contributed by atoms with Gasteiger partial charge in [-0.1, -0.05) is 18.2 Å². The molecule has 0 bridgehead atoms. The van der Waals surface area contributed by atoms with Gasteiger partial charge >= 0.3 is 0 Å². The molecule has 0 radical (unpaired) electrons. The minimum atomic E-state index is -0.399. The number of nitrogens with one attached hydrogen (secondary N) is 1. The van der Waals surface area contributed by atoms with Crippen LogP contribution in [0.3, 0.4) is 0 Å². The molecule has 5 rings (SSSR count). The Balaban J connectivity index is 1.53. The van der Waals surface area contributed by atoms with E-state index >= 15 is 0 Å². The van der Waals surface area contributed by atoms with E-state index in [1.165, 1.54) is 6.07 Å². The lowest BCUT2D eigenvalue weighted by Crippen LogP contribution is -2.36. The van der Waals surface area contributed by atoms with Crippen molar-refractivity contribution in [3.63, 3.8) is 0 Å². The highest BCUT2D eigenvalue weighted by Gasteiger charge is 2.43. The fraction of sp³-hybridized carbons (Fsp3) is 0.304. The molecule has 4 heterocycles. The Bertz CT molecular complexity index is 1130. The molecule has 0 amide bonds. The van der Waals surface area contributed by atoms with Crippen LogP contribution >= 0.6 is 12.2 Å². The van der Waals surface area contributed by atoms with Gasteiger partial charge in [-0.25, -0.2) is 0 Å². The lowest BCUT2D eigenvalue weighted by molar-refractivity contribution is -0.384. The van der Waals surface area contributed by atoms with Gasteiger partial charge in [0.05, 0.1) is 28.3 Å². The van der Waals surface area contributed by atoms with Gasteiger partial charge in [-0.15, -0.1) is 0 Å². The lowest BCUT2D eigenvalue weighted by atomic mass is 10.0. The Hall–Kier alpha value is -3.30. The van der Waals surface area contributed by atoms with Crippen LogP contribution in [0.25, 0.3) is 11.3 Å². The van der Waals surface area contributed by atoms with Gasteiger partial charge in [0, 0.05) is 25.4 Å². The van der Waals surface area contributed by atoms with Crippen LogP contribution in [0.15, 0.2) is 65.2 Å². The van der Waals surface area contributed by atoms with E-state index in [4.69, 9.17) is 21.4 Å². The Morgan fingerprint density at radius 2 is 2.03 bits per heavy atom. The van der Waals surface area contributed by atoms with Gasteiger partial charge in [-0.05, 0) is 55.4 Å². The van der Waals surface area contributed by atoms with Crippen molar-refractivity contribution in [2.45, 2.75) is 31.0 Å². The van der Waals surface area contributed by atoms with Gasteiger partial charge in [-0.2, -0.15) is 0 Å². The first-order valence-corrected chi connectivity index (χ1v) is 11.0. The van der Waals surface area contributed by atoms with Crippen LogP contribution in [0, 0.1) is 10.1 Å². The zero-order chi connectivity index (χ0) is 22.1. The Morgan fingerprint density at radius 1 is 1.19 bits per heavy atom. The van der Waals surface area contributed by atoms with E-state index < -0.39 is 4.92 Å². The molecule has 2 aromatic heterocycles. The molecule has 3 aromatic rings. The zero-order valence-electron chi connectivity index (χ0n) is 17.2. The normalized spacial score (nSPS) is 22.8. The van der Waals surface area contributed by atoms with Crippen molar-refractivity contribution in [3.8, 4) is 11.3 Å². The monoisotopic (exact) mass is 450 g/mol. The van der Waals surface area contributed by atoms with Gasteiger partial charge in [0.25, 0.3) is 5.69 Å². The standard InChI is InChI=1S/C23H22N4O4S/c28-27(29)18-9-2-1-7-16(18)19-10-11-20(31-19)22-21(17-8-3-4-12-24-17)25-23(32)26(22)14-15-6-5-13-30-15/h1-4,7-12,15,21-22H,5-6,13-14H2,(H,25,32)/t15-,21+,22-/m1/s1. The highest BCUT2D eigenvalue weighted by molar-refractivity contribution is 7.80. The summed E-state index contributed by atoms with van der Waals surface area (Å²) in [7, 11) is 0. The third-order valence-corrected chi connectivity index (χ3v) is 6.26.